The molecule has 6 heteroatoms. The molecular formula is C11H16NO4P. The number of carboxylic acids is 1. The number of nitrogens with two attached hydrogens (primary N) is 1. The summed E-state index contributed by atoms with van der Waals surface area (Å²) in [5, 5.41) is 8.72. The quantitative estimate of drug-likeness (QED) is 0.696. The minimum atomic E-state index is -3.72. The van der Waals surface area contributed by atoms with Crippen LogP contribution in [0.15, 0.2) is 30.3 Å². The molecule has 0 aromatic heterocycles. The van der Waals surface area contributed by atoms with Gasteiger partial charge in [0.1, 0.15) is 5.78 Å². The lowest BCUT2D eigenvalue weighted by Crippen LogP contribution is -2.20. The second kappa shape index (κ2) is 5.45. The van der Waals surface area contributed by atoms with E-state index in [9.17, 15) is 14.3 Å². The summed E-state index contributed by atoms with van der Waals surface area (Å²) in [6.07, 6.45) is -0.321. The van der Waals surface area contributed by atoms with Crippen LogP contribution in [-0.2, 0) is 9.36 Å². The second-order valence-electron chi connectivity index (χ2n) is 4.03. The van der Waals surface area contributed by atoms with Gasteiger partial charge >= 0.3 is 5.97 Å². The van der Waals surface area contributed by atoms with E-state index in [0.717, 1.165) is 0 Å². The van der Waals surface area contributed by atoms with Crippen LogP contribution < -0.4 is 5.73 Å². The van der Waals surface area contributed by atoms with Gasteiger partial charge in [0.15, 0.2) is 0 Å². The lowest BCUT2D eigenvalue weighted by molar-refractivity contribution is -0.140. The van der Waals surface area contributed by atoms with E-state index >= 15 is 0 Å². The van der Waals surface area contributed by atoms with Gasteiger partial charge in [0.25, 0.3) is 0 Å². The summed E-state index contributed by atoms with van der Waals surface area (Å²) in [7, 11) is -3.72. The Hall–Kier alpha value is -1.16. The first kappa shape index (κ1) is 13.9. The molecule has 0 radical (unpaired) electrons. The third-order valence-corrected chi connectivity index (χ3v) is 4.77. The maximum atomic E-state index is 12.0. The van der Waals surface area contributed by atoms with E-state index in [2.05, 4.69) is 0 Å². The van der Waals surface area contributed by atoms with Gasteiger partial charge in [-0.05, 0) is 5.56 Å². The van der Waals surface area contributed by atoms with Crippen molar-refractivity contribution in [3.05, 3.63) is 35.9 Å². The van der Waals surface area contributed by atoms with Crippen LogP contribution in [0, 0.1) is 5.92 Å². The maximum absolute atomic E-state index is 12.0. The van der Waals surface area contributed by atoms with E-state index in [-0.39, 0.29) is 6.16 Å². The van der Waals surface area contributed by atoms with Crippen molar-refractivity contribution in [2.24, 2.45) is 11.7 Å². The summed E-state index contributed by atoms with van der Waals surface area (Å²) in [6.45, 7) is 1.39. The molecule has 0 bridgehead atoms. The van der Waals surface area contributed by atoms with E-state index < -0.39 is 25.0 Å². The Bertz CT molecular complexity index is 434. The lowest BCUT2D eigenvalue weighted by Gasteiger charge is -2.21. The minimum Gasteiger partial charge on any atom is -0.481 e. The van der Waals surface area contributed by atoms with Gasteiger partial charge in [-0.1, -0.05) is 37.3 Å². The molecule has 3 atom stereocenters. The molecule has 1 aromatic rings. The monoisotopic (exact) mass is 257 g/mol. The van der Waals surface area contributed by atoms with E-state index in [0.29, 0.717) is 5.56 Å². The fraction of sp³-hybridized carbons (Fsp3) is 0.364. The number of hydrogen-bond acceptors (Lipinski definition) is 3. The van der Waals surface area contributed by atoms with Gasteiger partial charge in [-0.15, -0.1) is 0 Å². The summed E-state index contributed by atoms with van der Waals surface area (Å²) in [4.78, 5) is 20.5. The van der Waals surface area contributed by atoms with Crippen molar-refractivity contribution in [1.29, 1.82) is 0 Å². The standard InChI is InChI=1S/C11H16NO4P/c1-8(11(13)14)7-17(15,16)10(12)9-5-3-2-4-6-9/h2-6,8,10H,7,12H2,1H3,(H,13,14)(H,15,16)/t8-,10-/m1/s1. The summed E-state index contributed by atoms with van der Waals surface area (Å²) < 4.78 is 12.0. The second-order valence-corrected chi connectivity index (χ2v) is 6.47. The van der Waals surface area contributed by atoms with Gasteiger partial charge < -0.3 is 15.7 Å². The fourth-order valence-electron chi connectivity index (χ4n) is 1.47. The number of carbonyl (C=O) groups is 1. The Labute approximate surface area is 99.7 Å². The molecular weight excluding hydrogens is 241 g/mol. The molecule has 1 aromatic carbocycles. The highest BCUT2D eigenvalue weighted by Gasteiger charge is 2.32. The first-order valence-corrected chi connectivity index (χ1v) is 7.11. The highest BCUT2D eigenvalue weighted by atomic mass is 31.2. The number of rotatable bonds is 5. The van der Waals surface area contributed by atoms with Crippen LogP contribution in [0.4, 0.5) is 0 Å². The van der Waals surface area contributed by atoms with E-state index in [1.54, 1.807) is 30.3 Å². The number of benzene rings is 1. The Morgan fingerprint density at radius 1 is 1.41 bits per heavy atom. The summed E-state index contributed by atoms with van der Waals surface area (Å²) in [5.41, 5.74) is 6.25. The SMILES string of the molecule is C[C@H](CP(=O)(O)[C@@H](N)c1ccccc1)C(=O)O. The van der Waals surface area contributed by atoms with Crippen LogP contribution in [0.2, 0.25) is 0 Å². The average Bonchev–Trinajstić information content (AvgIpc) is 2.28. The molecule has 94 valence electrons. The van der Waals surface area contributed by atoms with Gasteiger partial charge in [0, 0.05) is 6.16 Å². The molecule has 0 amide bonds. The van der Waals surface area contributed by atoms with Crippen LogP contribution in [0.1, 0.15) is 18.3 Å². The predicted molar refractivity (Wildman–Crippen MR) is 64.9 cm³/mol. The molecule has 4 N–H and O–H groups in total. The smallest absolute Gasteiger partial charge is 0.306 e. The number of hydrogen-bond donors (Lipinski definition) is 3. The summed E-state index contributed by atoms with van der Waals surface area (Å²) in [5.74, 6) is -3.02. The number of aliphatic carboxylic acids is 1. The molecule has 0 aliphatic rings. The van der Waals surface area contributed by atoms with Crippen molar-refractivity contribution >= 4 is 13.3 Å². The van der Waals surface area contributed by atoms with Crippen molar-refractivity contribution in [1.82, 2.24) is 0 Å². The fourth-order valence-corrected chi connectivity index (χ4v) is 3.27. The molecule has 1 unspecified atom stereocenters. The summed E-state index contributed by atoms with van der Waals surface area (Å²) in [6, 6.07) is 8.52. The van der Waals surface area contributed by atoms with Gasteiger partial charge in [-0.2, -0.15) is 0 Å². The van der Waals surface area contributed by atoms with Crippen LogP contribution in [-0.4, -0.2) is 22.1 Å². The van der Waals surface area contributed by atoms with Crippen molar-refractivity contribution in [3.8, 4) is 0 Å². The van der Waals surface area contributed by atoms with E-state index in [1.807, 2.05) is 0 Å². The molecule has 0 heterocycles. The molecule has 0 aliphatic heterocycles. The topological polar surface area (TPSA) is 101 Å². The molecule has 1 rings (SSSR count). The Morgan fingerprint density at radius 3 is 2.41 bits per heavy atom. The maximum Gasteiger partial charge on any atom is 0.306 e. The third kappa shape index (κ3) is 3.66. The van der Waals surface area contributed by atoms with E-state index in [1.165, 1.54) is 6.92 Å². The van der Waals surface area contributed by atoms with Crippen molar-refractivity contribution in [2.75, 3.05) is 6.16 Å². The highest BCUT2D eigenvalue weighted by Crippen LogP contribution is 2.53. The Balaban J connectivity index is 2.84. The van der Waals surface area contributed by atoms with E-state index in [4.69, 9.17) is 10.8 Å². The van der Waals surface area contributed by atoms with Gasteiger partial charge in [0.05, 0.1) is 5.92 Å². The average molecular weight is 257 g/mol. The Kier molecular flexibility index (Phi) is 4.46. The predicted octanol–water partition coefficient (Wildman–Crippen LogP) is 1.64. The zero-order chi connectivity index (χ0) is 13.1. The Morgan fingerprint density at radius 2 is 1.94 bits per heavy atom. The first-order chi connectivity index (χ1) is 7.84. The van der Waals surface area contributed by atoms with Crippen molar-refractivity contribution in [2.45, 2.75) is 12.7 Å². The van der Waals surface area contributed by atoms with Crippen molar-refractivity contribution in [3.63, 3.8) is 0 Å². The largest absolute Gasteiger partial charge is 0.481 e. The number of carboxylic acid groups (broad SMARTS) is 1. The zero-order valence-electron chi connectivity index (χ0n) is 9.48. The first-order valence-electron chi connectivity index (χ1n) is 5.19. The summed E-state index contributed by atoms with van der Waals surface area (Å²) >= 11 is 0. The molecule has 0 aliphatic carbocycles. The molecule has 0 fully saturated rings. The van der Waals surface area contributed by atoms with Crippen LogP contribution in [0.5, 0.6) is 0 Å². The van der Waals surface area contributed by atoms with Crippen LogP contribution >= 0.6 is 7.37 Å². The lowest BCUT2D eigenvalue weighted by atomic mass is 10.2. The normalized spacial score (nSPS) is 18.1. The molecule has 0 saturated heterocycles. The molecule has 0 saturated carbocycles. The van der Waals surface area contributed by atoms with Crippen LogP contribution in [0.3, 0.4) is 0 Å². The molecule has 0 spiro atoms. The molecule has 5 nitrogen and oxygen atoms in total. The zero-order valence-corrected chi connectivity index (χ0v) is 10.4. The van der Waals surface area contributed by atoms with Gasteiger partial charge in [-0.3, -0.25) is 9.36 Å². The minimum absolute atomic E-state index is 0.321. The highest BCUT2D eigenvalue weighted by molar-refractivity contribution is 7.58. The van der Waals surface area contributed by atoms with Crippen molar-refractivity contribution < 1.29 is 19.4 Å². The molecule has 17 heavy (non-hydrogen) atoms. The van der Waals surface area contributed by atoms with Gasteiger partial charge in [0.2, 0.25) is 7.37 Å². The van der Waals surface area contributed by atoms with Gasteiger partial charge in [-0.25, -0.2) is 0 Å². The van der Waals surface area contributed by atoms with Crippen LogP contribution in [0.25, 0.3) is 0 Å². The third-order valence-electron chi connectivity index (χ3n) is 2.53.